The smallest absolute Gasteiger partial charge is 0.323 e. The van der Waals surface area contributed by atoms with Crippen molar-refractivity contribution in [1.29, 1.82) is 5.26 Å². The molecule has 0 saturated carbocycles. The topological polar surface area (TPSA) is 145 Å². The van der Waals surface area contributed by atoms with Crippen LogP contribution in [-0.4, -0.2) is 34.2 Å². The zero-order valence-electron chi connectivity index (χ0n) is 15.2. The number of benzene rings is 2. The third kappa shape index (κ3) is 3.61. The standard InChI is InChI=1S/C19H15N5O5/c1-19(13-6-8-14(9-7-13)24(28)29)17(26)23(18(27)22-19)11-16(25)21-15-5-3-2-4-12(15)10-20/h2-9H,11H2,1H3,(H,21,25)(H,22,27). The molecule has 0 aromatic heterocycles. The van der Waals surface area contributed by atoms with Crippen molar-refractivity contribution < 1.29 is 19.3 Å². The SMILES string of the molecule is CC1(c2ccc([N+](=O)[O-])cc2)NC(=O)N(CC(=O)Nc2ccccc2C#N)C1=O. The molecule has 1 atom stereocenters. The lowest BCUT2D eigenvalue weighted by Gasteiger charge is -2.22. The van der Waals surface area contributed by atoms with E-state index in [-0.39, 0.29) is 16.9 Å². The molecule has 4 amide bonds. The number of para-hydroxylation sites is 1. The van der Waals surface area contributed by atoms with Crippen molar-refractivity contribution >= 4 is 29.2 Å². The van der Waals surface area contributed by atoms with E-state index in [1.165, 1.54) is 43.3 Å². The third-order valence-corrected chi connectivity index (χ3v) is 4.55. The second-order valence-electron chi connectivity index (χ2n) is 6.46. The summed E-state index contributed by atoms with van der Waals surface area (Å²) < 4.78 is 0. The van der Waals surface area contributed by atoms with Gasteiger partial charge in [0, 0.05) is 12.1 Å². The highest BCUT2D eigenvalue weighted by Crippen LogP contribution is 2.30. The Morgan fingerprint density at radius 3 is 2.52 bits per heavy atom. The highest BCUT2D eigenvalue weighted by molar-refractivity contribution is 6.10. The molecule has 146 valence electrons. The molecule has 1 aliphatic rings. The largest absolute Gasteiger partial charge is 0.325 e. The van der Waals surface area contributed by atoms with E-state index >= 15 is 0 Å². The normalized spacial score (nSPS) is 18.1. The maximum Gasteiger partial charge on any atom is 0.325 e. The number of nitriles is 1. The fraction of sp³-hybridized carbons (Fsp3) is 0.158. The van der Waals surface area contributed by atoms with E-state index in [4.69, 9.17) is 5.26 Å². The van der Waals surface area contributed by atoms with E-state index < -0.39 is 34.9 Å². The van der Waals surface area contributed by atoms with Gasteiger partial charge < -0.3 is 10.6 Å². The van der Waals surface area contributed by atoms with Crippen LogP contribution in [-0.2, 0) is 15.1 Å². The molecule has 0 bridgehead atoms. The van der Waals surface area contributed by atoms with Crippen molar-refractivity contribution in [2.24, 2.45) is 0 Å². The van der Waals surface area contributed by atoms with Crippen LogP contribution in [0.4, 0.5) is 16.2 Å². The summed E-state index contributed by atoms with van der Waals surface area (Å²) in [5.41, 5.74) is -0.753. The number of amides is 4. The number of urea groups is 1. The van der Waals surface area contributed by atoms with Crippen molar-refractivity contribution in [3.8, 4) is 6.07 Å². The Hall–Kier alpha value is -4.26. The summed E-state index contributed by atoms with van der Waals surface area (Å²) in [5.74, 6) is -1.32. The Morgan fingerprint density at radius 1 is 1.24 bits per heavy atom. The van der Waals surface area contributed by atoms with E-state index in [0.29, 0.717) is 5.56 Å². The van der Waals surface area contributed by atoms with Crippen LogP contribution in [0.25, 0.3) is 0 Å². The van der Waals surface area contributed by atoms with E-state index in [9.17, 15) is 24.5 Å². The monoisotopic (exact) mass is 393 g/mol. The van der Waals surface area contributed by atoms with Crippen molar-refractivity contribution in [3.05, 3.63) is 69.8 Å². The number of nitrogens with one attached hydrogen (secondary N) is 2. The van der Waals surface area contributed by atoms with Crippen LogP contribution in [0.3, 0.4) is 0 Å². The molecule has 0 radical (unpaired) electrons. The van der Waals surface area contributed by atoms with E-state index in [1.54, 1.807) is 12.1 Å². The zero-order chi connectivity index (χ0) is 21.2. The molecule has 1 heterocycles. The average molecular weight is 393 g/mol. The van der Waals surface area contributed by atoms with Crippen molar-refractivity contribution in [1.82, 2.24) is 10.2 Å². The second kappa shape index (κ2) is 7.40. The summed E-state index contributed by atoms with van der Waals surface area (Å²) in [7, 11) is 0. The fourth-order valence-corrected chi connectivity index (χ4v) is 2.98. The first-order chi connectivity index (χ1) is 13.8. The number of anilines is 1. The molecule has 1 fully saturated rings. The minimum absolute atomic E-state index is 0.151. The number of hydrogen-bond acceptors (Lipinski definition) is 6. The summed E-state index contributed by atoms with van der Waals surface area (Å²) in [5, 5.41) is 24.9. The first-order valence-electron chi connectivity index (χ1n) is 8.44. The number of rotatable bonds is 5. The molecule has 10 nitrogen and oxygen atoms in total. The lowest BCUT2D eigenvalue weighted by Crippen LogP contribution is -2.42. The van der Waals surface area contributed by atoms with Gasteiger partial charge in [0.25, 0.3) is 11.6 Å². The van der Waals surface area contributed by atoms with Gasteiger partial charge in [0.1, 0.15) is 18.2 Å². The van der Waals surface area contributed by atoms with Crippen LogP contribution >= 0.6 is 0 Å². The number of nitro benzene ring substituents is 1. The minimum Gasteiger partial charge on any atom is -0.323 e. The first-order valence-corrected chi connectivity index (χ1v) is 8.44. The van der Waals surface area contributed by atoms with Gasteiger partial charge in [-0.1, -0.05) is 12.1 Å². The fourth-order valence-electron chi connectivity index (χ4n) is 2.98. The van der Waals surface area contributed by atoms with E-state index in [2.05, 4.69) is 10.6 Å². The molecule has 0 aliphatic carbocycles. The van der Waals surface area contributed by atoms with Gasteiger partial charge in [-0.2, -0.15) is 5.26 Å². The number of carbonyl (C=O) groups excluding carboxylic acids is 3. The van der Waals surface area contributed by atoms with Crippen LogP contribution in [0.1, 0.15) is 18.1 Å². The van der Waals surface area contributed by atoms with E-state index in [1.807, 2.05) is 6.07 Å². The average Bonchev–Trinajstić information content (AvgIpc) is 2.92. The maximum absolute atomic E-state index is 12.8. The molecule has 2 aromatic rings. The molecular formula is C19H15N5O5. The second-order valence-corrected chi connectivity index (χ2v) is 6.46. The van der Waals surface area contributed by atoms with Gasteiger partial charge >= 0.3 is 6.03 Å². The van der Waals surface area contributed by atoms with Crippen LogP contribution in [0.15, 0.2) is 48.5 Å². The number of carbonyl (C=O) groups is 3. The Bertz CT molecular complexity index is 1060. The lowest BCUT2D eigenvalue weighted by molar-refractivity contribution is -0.384. The van der Waals surface area contributed by atoms with Gasteiger partial charge in [0.2, 0.25) is 5.91 Å². The summed E-state index contributed by atoms with van der Waals surface area (Å²) in [6, 6.07) is 12.7. The predicted molar refractivity (Wildman–Crippen MR) is 100 cm³/mol. The Balaban J connectivity index is 1.77. The van der Waals surface area contributed by atoms with Crippen LogP contribution < -0.4 is 10.6 Å². The lowest BCUT2D eigenvalue weighted by atomic mass is 9.92. The zero-order valence-corrected chi connectivity index (χ0v) is 15.2. The van der Waals surface area contributed by atoms with Crippen molar-refractivity contribution in [2.45, 2.75) is 12.5 Å². The summed E-state index contributed by atoms with van der Waals surface area (Å²) >= 11 is 0. The van der Waals surface area contributed by atoms with E-state index in [0.717, 1.165) is 4.90 Å². The predicted octanol–water partition coefficient (Wildman–Crippen LogP) is 1.87. The van der Waals surface area contributed by atoms with Crippen LogP contribution in [0, 0.1) is 21.4 Å². The molecule has 0 spiro atoms. The van der Waals surface area contributed by atoms with Crippen molar-refractivity contribution in [2.75, 3.05) is 11.9 Å². The number of hydrogen-bond donors (Lipinski definition) is 2. The number of nitrogens with zero attached hydrogens (tertiary/aromatic N) is 3. The van der Waals surface area contributed by atoms with Gasteiger partial charge in [0.15, 0.2) is 0 Å². The van der Waals surface area contributed by atoms with Gasteiger partial charge in [-0.3, -0.25) is 24.6 Å². The first kappa shape index (κ1) is 19.5. The number of nitro groups is 1. The molecule has 2 aromatic carbocycles. The molecule has 1 unspecified atom stereocenters. The molecular weight excluding hydrogens is 378 g/mol. The minimum atomic E-state index is -1.46. The van der Waals surface area contributed by atoms with Gasteiger partial charge in [-0.25, -0.2) is 4.79 Å². The highest BCUT2D eigenvalue weighted by atomic mass is 16.6. The molecule has 1 saturated heterocycles. The molecule has 10 heteroatoms. The molecule has 1 aliphatic heterocycles. The van der Waals surface area contributed by atoms with Gasteiger partial charge in [0.05, 0.1) is 16.2 Å². The molecule has 29 heavy (non-hydrogen) atoms. The summed E-state index contributed by atoms with van der Waals surface area (Å²) in [6.07, 6.45) is 0. The van der Waals surface area contributed by atoms with Gasteiger partial charge in [-0.15, -0.1) is 0 Å². The Morgan fingerprint density at radius 2 is 1.90 bits per heavy atom. The van der Waals surface area contributed by atoms with Crippen LogP contribution in [0.5, 0.6) is 0 Å². The van der Waals surface area contributed by atoms with Crippen molar-refractivity contribution in [3.63, 3.8) is 0 Å². The quantitative estimate of drug-likeness (QED) is 0.450. The summed E-state index contributed by atoms with van der Waals surface area (Å²) in [6.45, 7) is 0.907. The molecule has 3 rings (SSSR count). The Labute approximate surface area is 164 Å². The molecule has 2 N–H and O–H groups in total. The third-order valence-electron chi connectivity index (χ3n) is 4.55. The van der Waals surface area contributed by atoms with Gasteiger partial charge in [-0.05, 0) is 36.8 Å². The number of non-ortho nitro benzene ring substituents is 1. The summed E-state index contributed by atoms with van der Waals surface area (Å²) in [4.78, 5) is 48.5. The highest BCUT2D eigenvalue weighted by Gasteiger charge is 2.49. The van der Waals surface area contributed by atoms with Crippen LogP contribution in [0.2, 0.25) is 0 Å². The number of imide groups is 1. The maximum atomic E-state index is 12.8. The Kier molecular flexibility index (Phi) is 4.97.